The first kappa shape index (κ1) is 18.3. The Kier molecular flexibility index (Phi) is 5.18. The van der Waals surface area contributed by atoms with Crippen molar-refractivity contribution in [3.8, 4) is 16.9 Å². The van der Waals surface area contributed by atoms with Gasteiger partial charge in [-0.2, -0.15) is 0 Å². The molecule has 0 saturated heterocycles. The minimum Gasteiger partial charge on any atom is -0.467 e. The maximum absolute atomic E-state index is 11.3. The highest BCUT2D eigenvalue weighted by Crippen LogP contribution is 2.45. The molecule has 1 atom stereocenters. The molecule has 2 N–H and O–H groups in total. The Morgan fingerprint density at radius 3 is 2.77 bits per heavy atom. The number of nitrogens with one attached hydrogen (secondary N) is 1. The molecule has 2 aromatic rings. The Morgan fingerprint density at radius 2 is 2.04 bits per heavy atom. The molecule has 0 heterocycles. The lowest BCUT2D eigenvalue weighted by atomic mass is 9.70. The molecule has 138 valence electrons. The second-order valence-electron chi connectivity index (χ2n) is 7.33. The smallest absolute Gasteiger partial charge is 0.405 e. The first-order chi connectivity index (χ1) is 12.4. The van der Waals surface area contributed by atoms with Crippen molar-refractivity contribution < 1.29 is 19.4 Å². The first-order valence-corrected chi connectivity index (χ1v) is 8.76. The largest absolute Gasteiger partial charge is 0.467 e. The summed E-state index contributed by atoms with van der Waals surface area (Å²) >= 11 is 0. The van der Waals surface area contributed by atoms with Crippen LogP contribution in [0.4, 0.5) is 4.79 Å². The van der Waals surface area contributed by atoms with Gasteiger partial charge in [-0.15, -0.1) is 0 Å². The summed E-state index contributed by atoms with van der Waals surface area (Å²) in [6.07, 6.45) is 0.894. The van der Waals surface area contributed by atoms with E-state index in [2.05, 4.69) is 37.4 Å². The van der Waals surface area contributed by atoms with E-state index in [4.69, 9.17) is 9.47 Å². The van der Waals surface area contributed by atoms with E-state index in [1.807, 2.05) is 24.3 Å². The molecule has 0 saturated carbocycles. The van der Waals surface area contributed by atoms with Gasteiger partial charge >= 0.3 is 6.09 Å². The summed E-state index contributed by atoms with van der Waals surface area (Å²) in [5, 5.41) is 12.0. The highest BCUT2D eigenvalue weighted by molar-refractivity contribution is 5.72. The molecule has 0 unspecified atom stereocenters. The predicted octanol–water partition coefficient (Wildman–Crippen LogP) is 4.62. The molecule has 1 aliphatic rings. The number of hydrogen-bond donors (Lipinski definition) is 2. The molecule has 0 fully saturated rings. The number of benzene rings is 2. The monoisotopic (exact) mass is 355 g/mol. The molecule has 0 spiro atoms. The lowest BCUT2D eigenvalue weighted by Crippen LogP contribution is -2.40. The van der Waals surface area contributed by atoms with Gasteiger partial charge in [0.1, 0.15) is 5.75 Å². The van der Waals surface area contributed by atoms with Crippen molar-refractivity contribution in [1.82, 2.24) is 5.32 Å². The van der Waals surface area contributed by atoms with E-state index in [0.29, 0.717) is 0 Å². The molecule has 1 aliphatic carbocycles. The molecule has 1 amide bonds. The average Bonchev–Trinajstić information content (AvgIpc) is 2.62. The van der Waals surface area contributed by atoms with E-state index in [-0.39, 0.29) is 18.2 Å². The fraction of sp³-hybridized carbons (Fsp3) is 0.381. The Bertz CT molecular complexity index is 800. The molecule has 0 radical (unpaired) electrons. The molecule has 3 rings (SSSR count). The van der Waals surface area contributed by atoms with Gasteiger partial charge in [0.15, 0.2) is 6.79 Å². The van der Waals surface area contributed by atoms with E-state index >= 15 is 0 Å². The topological polar surface area (TPSA) is 67.8 Å². The van der Waals surface area contributed by atoms with Crippen LogP contribution in [0.1, 0.15) is 37.4 Å². The van der Waals surface area contributed by atoms with Gasteiger partial charge < -0.3 is 19.9 Å². The standard InChI is InChI=1S/C21H25NO4/c1-21(2)11-10-14-8-9-15(12-17(14)19(21)22-20(23)24)16-6-4-5-7-18(16)26-13-25-3/h4-9,12,19,22H,10-11,13H2,1-3H3,(H,23,24)/t19-/m1/s1. The van der Waals surface area contributed by atoms with Crippen LogP contribution in [0, 0.1) is 5.41 Å². The minimum atomic E-state index is -0.995. The van der Waals surface area contributed by atoms with E-state index < -0.39 is 6.09 Å². The molecule has 5 heteroatoms. The number of fused-ring (bicyclic) bond motifs is 1. The van der Waals surface area contributed by atoms with Crippen LogP contribution in [0.15, 0.2) is 42.5 Å². The summed E-state index contributed by atoms with van der Waals surface area (Å²) in [5.74, 6) is 0.743. The van der Waals surface area contributed by atoms with Gasteiger partial charge in [-0.25, -0.2) is 4.79 Å². The van der Waals surface area contributed by atoms with Crippen molar-refractivity contribution in [2.24, 2.45) is 5.41 Å². The lowest BCUT2D eigenvalue weighted by molar-refractivity contribution is 0.0515. The molecular formula is C21H25NO4. The lowest BCUT2D eigenvalue weighted by Gasteiger charge is -2.40. The average molecular weight is 355 g/mol. The van der Waals surface area contributed by atoms with Gasteiger partial charge in [0.2, 0.25) is 0 Å². The van der Waals surface area contributed by atoms with Crippen LogP contribution >= 0.6 is 0 Å². The Hall–Kier alpha value is -2.53. The number of carbonyl (C=O) groups is 1. The quantitative estimate of drug-likeness (QED) is 0.768. The van der Waals surface area contributed by atoms with Crippen LogP contribution in [0.2, 0.25) is 0 Å². The zero-order chi connectivity index (χ0) is 18.7. The predicted molar refractivity (Wildman–Crippen MR) is 100 cm³/mol. The van der Waals surface area contributed by atoms with Crippen molar-refractivity contribution >= 4 is 6.09 Å². The molecule has 5 nitrogen and oxygen atoms in total. The molecule has 0 aromatic heterocycles. The van der Waals surface area contributed by atoms with Gasteiger partial charge in [0, 0.05) is 12.7 Å². The zero-order valence-corrected chi connectivity index (χ0v) is 15.4. The fourth-order valence-corrected chi connectivity index (χ4v) is 3.63. The van der Waals surface area contributed by atoms with Crippen LogP contribution in [-0.4, -0.2) is 25.1 Å². The number of para-hydroxylation sites is 1. The Morgan fingerprint density at radius 1 is 1.27 bits per heavy atom. The van der Waals surface area contributed by atoms with Crippen molar-refractivity contribution in [2.45, 2.75) is 32.7 Å². The summed E-state index contributed by atoms with van der Waals surface area (Å²) in [6.45, 7) is 4.40. The molecule has 0 bridgehead atoms. The van der Waals surface area contributed by atoms with Crippen LogP contribution in [0.5, 0.6) is 5.75 Å². The summed E-state index contributed by atoms with van der Waals surface area (Å²) in [7, 11) is 1.59. The van der Waals surface area contributed by atoms with Gasteiger partial charge in [0.05, 0.1) is 6.04 Å². The van der Waals surface area contributed by atoms with Crippen molar-refractivity contribution in [3.05, 3.63) is 53.6 Å². The van der Waals surface area contributed by atoms with E-state index in [1.165, 1.54) is 5.56 Å². The summed E-state index contributed by atoms with van der Waals surface area (Å²) in [4.78, 5) is 11.3. The Balaban J connectivity index is 2.04. The number of hydrogen-bond acceptors (Lipinski definition) is 3. The van der Waals surface area contributed by atoms with Crippen molar-refractivity contribution in [1.29, 1.82) is 0 Å². The summed E-state index contributed by atoms with van der Waals surface area (Å²) in [5.41, 5.74) is 4.07. The van der Waals surface area contributed by atoms with E-state index in [0.717, 1.165) is 35.3 Å². The van der Waals surface area contributed by atoms with Gasteiger partial charge in [-0.3, -0.25) is 0 Å². The summed E-state index contributed by atoms with van der Waals surface area (Å²) in [6, 6.07) is 13.8. The molecular weight excluding hydrogens is 330 g/mol. The number of rotatable bonds is 5. The third-order valence-electron chi connectivity index (χ3n) is 5.08. The van der Waals surface area contributed by atoms with Crippen molar-refractivity contribution in [3.63, 3.8) is 0 Å². The molecule has 26 heavy (non-hydrogen) atoms. The van der Waals surface area contributed by atoms with Crippen LogP contribution in [0.3, 0.4) is 0 Å². The van der Waals surface area contributed by atoms with Crippen LogP contribution in [0.25, 0.3) is 11.1 Å². The van der Waals surface area contributed by atoms with Gasteiger partial charge in [0.25, 0.3) is 0 Å². The third-order valence-corrected chi connectivity index (χ3v) is 5.08. The Labute approximate surface area is 153 Å². The second-order valence-corrected chi connectivity index (χ2v) is 7.33. The highest BCUT2D eigenvalue weighted by Gasteiger charge is 2.37. The maximum Gasteiger partial charge on any atom is 0.405 e. The second kappa shape index (κ2) is 7.38. The number of ether oxygens (including phenoxy) is 2. The third kappa shape index (κ3) is 3.68. The normalized spacial score (nSPS) is 18.0. The minimum absolute atomic E-state index is 0.143. The van der Waals surface area contributed by atoms with Crippen LogP contribution < -0.4 is 10.1 Å². The SMILES string of the molecule is COCOc1ccccc1-c1ccc2c(c1)[C@@H](NC(=O)O)C(C)(C)CC2. The van der Waals surface area contributed by atoms with Crippen LogP contribution in [-0.2, 0) is 11.2 Å². The number of amides is 1. The highest BCUT2D eigenvalue weighted by atomic mass is 16.7. The summed E-state index contributed by atoms with van der Waals surface area (Å²) < 4.78 is 10.7. The number of aryl methyl sites for hydroxylation is 1. The first-order valence-electron chi connectivity index (χ1n) is 8.76. The number of methoxy groups -OCH3 is 1. The van der Waals surface area contributed by atoms with Gasteiger partial charge in [-0.1, -0.05) is 44.2 Å². The number of carboxylic acid groups (broad SMARTS) is 1. The van der Waals surface area contributed by atoms with Crippen molar-refractivity contribution in [2.75, 3.05) is 13.9 Å². The molecule has 0 aliphatic heterocycles. The fourth-order valence-electron chi connectivity index (χ4n) is 3.63. The van der Waals surface area contributed by atoms with E-state index in [9.17, 15) is 9.90 Å². The van der Waals surface area contributed by atoms with Gasteiger partial charge in [-0.05, 0) is 47.1 Å². The molecule has 2 aromatic carbocycles. The van der Waals surface area contributed by atoms with E-state index in [1.54, 1.807) is 7.11 Å². The zero-order valence-electron chi connectivity index (χ0n) is 15.4. The maximum atomic E-state index is 11.3.